The van der Waals surface area contributed by atoms with Gasteiger partial charge in [-0.15, -0.1) is 5.10 Å². The second-order valence-electron chi connectivity index (χ2n) is 4.49. The number of aromatic nitrogens is 2. The van der Waals surface area contributed by atoms with Crippen molar-refractivity contribution >= 4 is 34.2 Å². The zero-order chi connectivity index (χ0) is 13.4. The molecule has 1 atom stereocenters. The molecule has 5 nitrogen and oxygen atoms in total. The molecule has 1 unspecified atom stereocenters. The first kappa shape index (κ1) is 12.0. The van der Waals surface area contributed by atoms with Gasteiger partial charge in [0.1, 0.15) is 0 Å². The average molecular weight is 276 g/mol. The number of hydrogen-bond donors (Lipinski definition) is 1. The lowest BCUT2D eigenvalue weighted by atomic mass is 9.89. The molecule has 1 N–H and O–H groups in total. The van der Waals surface area contributed by atoms with E-state index >= 15 is 0 Å². The lowest BCUT2D eigenvalue weighted by Gasteiger charge is -2.21. The van der Waals surface area contributed by atoms with E-state index in [1.807, 2.05) is 18.2 Å². The van der Waals surface area contributed by atoms with Gasteiger partial charge in [-0.05, 0) is 18.1 Å². The van der Waals surface area contributed by atoms with Gasteiger partial charge in [-0.1, -0.05) is 23.7 Å². The number of piperidine rings is 1. The maximum absolute atomic E-state index is 11.8. The van der Waals surface area contributed by atoms with Crippen LogP contribution in [0.4, 0.5) is 0 Å². The molecule has 0 bridgehead atoms. The molecule has 1 saturated heterocycles. The van der Waals surface area contributed by atoms with Crippen molar-refractivity contribution in [3.8, 4) is 0 Å². The highest BCUT2D eigenvalue weighted by Crippen LogP contribution is 2.29. The van der Waals surface area contributed by atoms with Crippen LogP contribution in [-0.2, 0) is 9.59 Å². The van der Waals surface area contributed by atoms with Gasteiger partial charge in [0, 0.05) is 17.2 Å². The van der Waals surface area contributed by atoms with Crippen molar-refractivity contribution in [2.45, 2.75) is 18.8 Å². The van der Waals surface area contributed by atoms with Gasteiger partial charge in [0.2, 0.25) is 11.8 Å². The number of nitrogens with zero attached hydrogens (tertiary/aromatic N) is 2. The number of amides is 2. The van der Waals surface area contributed by atoms with Gasteiger partial charge in [-0.3, -0.25) is 14.9 Å². The lowest BCUT2D eigenvalue weighted by Crippen LogP contribution is -2.39. The normalized spacial score (nSPS) is 19.5. The SMILES string of the molecule is O=C1CCC(c2ccc3cnnc(Cl)c3c2)C(=O)N1. The predicted octanol–water partition coefficient (Wildman–Crippen LogP) is 1.80. The maximum Gasteiger partial charge on any atom is 0.234 e. The van der Waals surface area contributed by atoms with Crippen LogP contribution in [0.15, 0.2) is 24.4 Å². The molecular weight excluding hydrogens is 266 g/mol. The van der Waals surface area contributed by atoms with Crippen molar-refractivity contribution in [1.29, 1.82) is 0 Å². The molecule has 0 saturated carbocycles. The third-order valence-electron chi connectivity index (χ3n) is 3.28. The number of carbonyl (C=O) groups excluding carboxylic acids is 2. The topological polar surface area (TPSA) is 72.0 Å². The zero-order valence-corrected chi connectivity index (χ0v) is 10.6. The molecule has 0 radical (unpaired) electrons. The van der Waals surface area contributed by atoms with Gasteiger partial charge in [0.25, 0.3) is 0 Å². The molecule has 1 aliphatic rings. The van der Waals surface area contributed by atoms with E-state index in [9.17, 15) is 9.59 Å². The molecule has 2 heterocycles. The number of rotatable bonds is 1. The fraction of sp³-hybridized carbons (Fsp3) is 0.231. The molecule has 0 spiro atoms. The molecule has 1 aromatic carbocycles. The number of imide groups is 1. The first-order valence-electron chi connectivity index (χ1n) is 5.89. The van der Waals surface area contributed by atoms with Gasteiger partial charge in [0.15, 0.2) is 5.15 Å². The number of benzene rings is 1. The van der Waals surface area contributed by atoms with E-state index in [2.05, 4.69) is 15.5 Å². The molecule has 3 rings (SSSR count). The highest BCUT2D eigenvalue weighted by Gasteiger charge is 2.28. The zero-order valence-electron chi connectivity index (χ0n) is 9.89. The van der Waals surface area contributed by atoms with E-state index in [1.165, 1.54) is 0 Å². The Morgan fingerprint density at radius 1 is 1.32 bits per heavy atom. The molecule has 1 aromatic heterocycles. The first-order chi connectivity index (χ1) is 9.15. The minimum atomic E-state index is -0.314. The summed E-state index contributed by atoms with van der Waals surface area (Å²) < 4.78 is 0. The monoisotopic (exact) mass is 275 g/mol. The molecular formula is C13H10ClN3O2. The Bertz CT molecular complexity index is 687. The van der Waals surface area contributed by atoms with Crippen LogP contribution in [0.3, 0.4) is 0 Å². The van der Waals surface area contributed by atoms with Crippen LogP contribution in [0.2, 0.25) is 5.15 Å². The highest BCUT2D eigenvalue weighted by atomic mass is 35.5. The summed E-state index contributed by atoms with van der Waals surface area (Å²) in [5.41, 5.74) is 0.840. The third kappa shape index (κ3) is 2.17. The Balaban J connectivity index is 2.04. The second kappa shape index (κ2) is 4.59. The van der Waals surface area contributed by atoms with Crippen LogP contribution in [0.1, 0.15) is 24.3 Å². The third-order valence-corrected chi connectivity index (χ3v) is 3.56. The molecule has 19 heavy (non-hydrogen) atoms. The standard InChI is InChI=1S/C13H10ClN3O2/c14-12-10-5-7(1-2-8(10)6-15-17-12)9-3-4-11(18)16-13(9)19/h1-2,5-6,9H,3-4H2,(H,16,18,19). The van der Waals surface area contributed by atoms with Crippen LogP contribution in [0.5, 0.6) is 0 Å². The number of hydrogen-bond acceptors (Lipinski definition) is 4. The summed E-state index contributed by atoms with van der Waals surface area (Å²) in [7, 11) is 0. The molecule has 6 heteroatoms. The van der Waals surface area contributed by atoms with Gasteiger partial charge in [-0.2, -0.15) is 5.10 Å². The molecule has 0 aliphatic carbocycles. The van der Waals surface area contributed by atoms with Gasteiger partial charge >= 0.3 is 0 Å². The molecule has 96 valence electrons. The second-order valence-corrected chi connectivity index (χ2v) is 4.84. The number of nitrogens with one attached hydrogen (secondary N) is 1. The highest BCUT2D eigenvalue weighted by molar-refractivity contribution is 6.34. The van der Waals surface area contributed by atoms with E-state index in [0.29, 0.717) is 18.0 Å². The van der Waals surface area contributed by atoms with Gasteiger partial charge in [-0.25, -0.2) is 0 Å². The molecule has 2 amide bonds. The summed E-state index contributed by atoms with van der Waals surface area (Å²) in [6.07, 6.45) is 2.50. The van der Waals surface area contributed by atoms with E-state index in [1.54, 1.807) is 6.20 Å². The number of halogens is 1. The minimum Gasteiger partial charge on any atom is -0.296 e. The summed E-state index contributed by atoms with van der Waals surface area (Å²) in [6, 6.07) is 5.56. The number of carbonyl (C=O) groups is 2. The van der Waals surface area contributed by atoms with Gasteiger partial charge in [0.05, 0.1) is 12.1 Å². The predicted molar refractivity (Wildman–Crippen MR) is 69.7 cm³/mol. The fourth-order valence-electron chi connectivity index (χ4n) is 2.29. The minimum absolute atomic E-state index is 0.217. The van der Waals surface area contributed by atoms with Crippen molar-refractivity contribution in [3.63, 3.8) is 0 Å². The summed E-state index contributed by atoms with van der Waals surface area (Å²) >= 11 is 6.00. The smallest absolute Gasteiger partial charge is 0.234 e. The Labute approximate surface area is 114 Å². The van der Waals surface area contributed by atoms with Crippen LogP contribution in [0, 0.1) is 0 Å². The average Bonchev–Trinajstić information content (AvgIpc) is 2.39. The maximum atomic E-state index is 11.8. The van der Waals surface area contributed by atoms with E-state index in [-0.39, 0.29) is 17.7 Å². The van der Waals surface area contributed by atoms with Gasteiger partial charge < -0.3 is 0 Å². The summed E-state index contributed by atoms with van der Waals surface area (Å²) in [4.78, 5) is 23.0. The number of fused-ring (bicyclic) bond motifs is 1. The van der Waals surface area contributed by atoms with Crippen molar-refractivity contribution in [2.24, 2.45) is 0 Å². The van der Waals surface area contributed by atoms with Crippen molar-refractivity contribution in [3.05, 3.63) is 35.1 Å². The fourth-order valence-corrected chi connectivity index (χ4v) is 2.50. The van der Waals surface area contributed by atoms with E-state index in [4.69, 9.17) is 11.6 Å². The quantitative estimate of drug-likeness (QED) is 0.806. The van der Waals surface area contributed by atoms with Crippen LogP contribution >= 0.6 is 11.6 Å². The Morgan fingerprint density at radius 2 is 2.16 bits per heavy atom. The van der Waals surface area contributed by atoms with Crippen LogP contribution in [0.25, 0.3) is 10.8 Å². The summed E-state index contributed by atoms with van der Waals surface area (Å²) in [5, 5.41) is 11.9. The summed E-state index contributed by atoms with van der Waals surface area (Å²) in [6.45, 7) is 0. The van der Waals surface area contributed by atoms with Crippen molar-refractivity contribution in [2.75, 3.05) is 0 Å². The van der Waals surface area contributed by atoms with Crippen LogP contribution in [-0.4, -0.2) is 22.0 Å². The lowest BCUT2D eigenvalue weighted by molar-refractivity contribution is -0.134. The van der Waals surface area contributed by atoms with Crippen LogP contribution < -0.4 is 5.32 Å². The molecule has 2 aromatic rings. The van der Waals surface area contributed by atoms with E-state index in [0.717, 1.165) is 16.3 Å². The summed E-state index contributed by atoms with van der Waals surface area (Å²) in [5.74, 6) is -0.786. The Morgan fingerprint density at radius 3 is 2.95 bits per heavy atom. The largest absolute Gasteiger partial charge is 0.296 e. The first-order valence-corrected chi connectivity index (χ1v) is 6.27. The molecule has 1 fully saturated rings. The van der Waals surface area contributed by atoms with E-state index < -0.39 is 0 Å². The Hall–Kier alpha value is -2.01. The van der Waals surface area contributed by atoms with Crippen molar-refractivity contribution < 1.29 is 9.59 Å². The molecule has 1 aliphatic heterocycles. The Kier molecular flexibility index (Phi) is 2.91. The van der Waals surface area contributed by atoms with Crippen molar-refractivity contribution in [1.82, 2.24) is 15.5 Å².